The van der Waals surface area contributed by atoms with Crippen molar-refractivity contribution in [2.24, 2.45) is 17.6 Å². The molecule has 3 heteroatoms. The van der Waals surface area contributed by atoms with Crippen LogP contribution in [0.4, 0.5) is 0 Å². The summed E-state index contributed by atoms with van der Waals surface area (Å²) in [6.45, 7) is 4.45. The van der Waals surface area contributed by atoms with E-state index in [1.54, 1.807) is 0 Å². The summed E-state index contributed by atoms with van der Waals surface area (Å²) in [4.78, 5) is 11.3. The first-order valence-electron chi connectivity index (χ1n) is 4.71. The molecule has 1 saturated heterocycles. The quantitative estimate of drug-likeness (QED) is 0.634. The molecule has 1 heterocycles. The van der Waals surface area contributed by atoms with Crippen molar-refractivity contribution in [3.63, 3.8) is 0 Å². The van der Waals surface area contributed by atoms with E-state index in [0.717, 1.165) is 19.5 Å². The van der Waals surface area contributed by atoms with Crippen molar-refractivity contribution in [2.75, 3.05) is 19.6 Å². The number of hydrogen-bond donors (Lipinski definition) is 2. The highest BCUT2D eigenvalue weighted by Crippen LogP contribution is 2.17. The molecule has 0 aliphatic carbocycles. The smallest absolute Gasteiger partial charge is 0.136 e. The number of nitrogens with two attached hydrogens (primary N) is 1. The molecule has 0 spiro atoms. The zero-order valence-corrected chi connectivity index (χ0v) is 7.68. The van der Waals surface area contributed by atoms with E-state index >= 15 is 0 Å². The molecule has 0 aromatic rings. The van der Waals surface area contributed by atoms with Crippen molar-refractivity contribution in [2.45, 2.75) is 19.8 Å². The van der Waals surface area contributed by atoms with Gasteiger partial charge < -0.3 is 11.1 Å². The summed E-state index contributed by atoms with van der Waals surface area (Å²) < 4.78 is 0. The van der Waals surface area contributed by atoms with Gasteiger partial charge in [-0.05, 0) is 25.4 Å². The number of hydrogen-bond acceptors (Lipinski definition) is 3. The van der Waals surface area contributed by atoms with E-state index in [4.69, 9.17) is 5.73 Å². The van der Waals surface area contributed by atoms with Crippen molar-refractivity contribution >= 4 is 5.78 Å². The molecule has 1 aliphatic heterocycles. The average Bonchev–Trinajstić information content (AvgIpc) is 2.17. The summed E-state index contributed by atoms with van der Waals surface area (Å²) >= 11 is 0. The summed E-state index contributed by atoms with van der Waals surface area (Å²) in [6, 6.07) is 0. The van der Waals surface area contributed by atoms with Crippen LogP contribution < -0.4 is 11.1 Å². The molecule has 3 N–H and O–H groups in total. The van der Waals surface area contributed by atoms with E-state index in [1.807, 2.05) is 6.92 Å². The van der Waals surface area contributed by atoms with Crippen LogP contribution in [0.1, 0.15) is 19.8 Å². The maximum Gasteiger partial charge on any atom is 0.136 e. The Hall–Kier alpha value is -0.410. The predicted molar refractivity (Wildman–Crippen MR) is 48.8 cm³/mol. The van der Waals surface area contributed by atoms with E-state index in [0.29, 0.717) is 24.7 Å². The van der Waals surface area contributed by atoms with Crippen molar-refractivity contribution < 1.29 is 4.79 Å². The van der Waals surface area contributed by atoms with Gasteiger partial charge in [0.25, 0.3) is 0 Å². The highest BCUT2D eigenvalue weighted by molar-refractivity contribution is 5.81. The maximum atomic E-state index is 11.3. The highest BCUT2D eigenvalue weighted by atomic mass is 16.1. The number of carbonyl (C=O) groups excluding carboxylic acids is 1. The van der Waals surface area contributed by atoms with Crippen LogP contribution in [0.15, 0.2) is 0 Å². The summed E-state index contributed by atoms with van der Waals surface area (Å²) in [7, 11) is 0. The lowest BCUT2D eigenvalue weighted by molar-refractivity contribution is -0.123. The second-order valence-electron chi connectivity index (χ2n) is 3.51. The first-order valence-corrected chi connectivity index (χ1v) is 4.71. The third-order valence-corrected chi connectivity index (χ3v) is 2.58. The topological polar surface area (TPSA) is 55.1 Å². The summed E-state index contributed by atoms with van der Waals surface area (Å²) in [5, 5.41) is 3.25. The molecule has 1 fully saturated rings. The van der Waals surface area contributed by atoms with Crippen molar-refractivity contribution in [1.82, 2.24) is 5.32 Å². The third-order valence-electron chi connectivity index (χ3n) is 2.58. The van der Waals surface area contributed by atoms with Crippen LogP contribution in [0.2, 0.25) is 0 Å². The number of ketones is 1. The van der Waals surface area contributed by atoms with Crippen LogP contribution in [0.5, 0.6) is 0 Å². The molecule has 0 aromatic carbocycles. The molecule has 3 nitrogen and oxygen atoms in total. The first kappa shape index (κ1) is 9.68. The van der Waals surface area contributed by atoms with Gasteiger partial charge in [0.1, 0.15) is 5.78 Å². The minimum Gasteiger partial charge on any atom is -0.330 e. The molecule has 2 atom stereocenters. The molecule has 0 saturated carbocycles. The highest BCUT2D eigenvalue weighted by Gasteiger charge is 2.24. The fourth-order valence-corrected chi connectivity index (χ4v) is 1.74. The standard InChI is InChI=1S/C9H18N2O/c1-2-9(12)8-3-7(4-10)5-11-6-8/h7-8,11H,2-6,10H2,1H3. The normalized spacial score (nSPS) is 30.2. The Morgan fingerprint density at radius 3 is 2.92 bits per heavy atom. The van der Waals surface area contributed by atoms with Gasteiger partial charge in [0, 0.05) is 18.9 Å². The minimum atomic E-state index is 0.220. The number of piperidine rings is 1. The molecular formula is C9H18N2O. The maximum absolute atomic E-state index is 11.3. The van der Waals surface area contributed by atoms with Gasteiger partial charge in [-0.1, -0.05) is 6.92 Å². The summed E-state index contributed by atoms with van der Waals surface area (Å²) in [6.07, 6.45) is 1.64. The molecule has 12 heavy (non-hydrogen) atoms. The van der Waals surface area contributed by atoms with E-state index in [-0.39, 0.29) is 5.92 Å². The second kappa shape index (κ2) is 4.58. The van der Waals surface area contributed by atoms with E-state index in [1.165, 1.54) is 0 Å². The molecule has 0 amide bonds. The lowest BCUT2D eigenvalue weighted by atomic mass is 9.87. The fraction of sp³-hybridized carbons (Fsp3) is 0.889. The average molecular weight is 170 g/mol. The van der Waals surface area contributed by atoms with Crippen LogP contribution in [-0.2, 0) is 4.79 Å². The molecule has 0 bridgehead atoms. The molecule has 0 aromatic heterocycles. The SMILES string of the molecule is CCC(=O)C1CNCC(CN)C1. The Kier molecular flexibility index (Phi) is 3.69. The van der Waals surface area contributed by atoms with Crippen LogP contribution >= 0.6 is 0 Å². The molecule has 70 valence electrons. The number of Topliss-reactive ketones (excluding diaryl/α,β-unsaturated/α-hetero) is 1. The molecule has 1 rings (SSSR count). The van der Waals surface area contributed by atoms with Crippen LogP contribution in [-0.4, -0.2) is 25.4 Å². The lowest BCUT2D eigenvalue weighted by Crippen LogP contribution is -2.42. The van der Waals surface area contributed by atoms with Gasteiger partial charge >= 0.3 is 0 Å². The Balaban J connectivity index is 2.40. The number of carbonyl (C=O) groups is 1. The van der Waals surface area contributed by atoms with Crippen molar-refractivity contribution in [3.05, 3.63) is 0 Å². The molecule has 0 radical (unpaired) electrons. The van der Waals surface area contributed by atoms with Crippen LogP contribution in [0, 0.1) is 11.8 Å². The van der Waals surface area contributed by atoms with E-state index in [9.17, 15) is 4.79 Å². The van der Waals surface area contributed by atoms with Crippen molar-refractivity contribution in [1.29, 1.82) is 0 Å². The summed E-state index contributed by atoms with van der Waals surface area (Å²) in [5.41, 5.74) is 5.56. The number of rotatable bonds is 3. The third kappa shape index (κ3) is 2.29. The Morgan fingerprint density at radius 1 is 1.58 bits per heavy atom. The van der Waals surface area contributed by atoms with Gasteiger partial charge in [0.05, 0.1) is 0 Å². The largest absolute Gasteiger partial charge is 0.330 e. The predicted octanol–water partition coefficient (Wildman–Crippen LogP) is 0.150. The van der Waals surface area contributed by atoms with Gasteiger partial charge in [0.2, 0.25) is 0 Å². The first-order chi connectivity index (χ1) is 5.77. The summed E-state index contributed by atoms with van der Waals surface area (Å²) in [5.74, 6) is 1.09. The Morgan fingerprint density at radius 2 is 2.33 bits per heavy atom. The van der Waals surface area contributed by atoms with Crippen LogP contribution in [0.25, 0.3) is 0 Å². The minimum absolute atomic E-state index is 0.220. The van der Waals surface area contributed by atoms with Gasteiger partial charge in [-0.3, -0.25) is 4.79 Å². The number of nitrogens with one attached hydrogen (secondary N) is 1. The van der Waals surface area contributed by atoms with Crippen molar-refractivity contribution in [3.8, 4) is 0 Å². The van der Waals surface area contributed by atoms with Gasteiger partial charge in [0.15, 0.2) is 0 Å². The Bertz CT molecular complexity index is 159. The van der Waals surface area contributed by atoms with E-state index < -0.39 is 0 Å². The van der Waals surface area contributed by atoms with Gasteiger partial charge in [-0.2, -0.15) is 0 Å². The van der Waals surface area contributed by atoms with Gasteiger partial charge in [-0.15, -0.1) is 0 Å². The Labute approximate surface area is 73.7 Å². The molecular weight excluding hydrogens is 152 g/mol. The zero-order chi connectivity index (χ0) is 8.97. The lowest BCUT2D eigenvalue weighted by Gasteiger charge is -2.27. The van der Waals surface area contributed by atoms with E-state index in [2.05, 4.69) is 5.32 Å². The van der Waals surface area contributed by atoms with Crippen LogP contribution in [0.3, 0.4) is 0 Å². The monoisotopic (exact) mass is 170 g/mol. The molecule has 2 unspecified atom stereocenters. The fourth-order valence-electron chi connectivity index (χ4n) is 1.74. The molecule has 1 aliphatic rings. The van der Waals surface area contributed by atoms with Gasteiger partial charge in [-0.25, -0.2) is 0 Å². The zero-order valence-electron chi connectivity index (χ0n) is 7.68. The second-order valence-corrected chi connectivity index (χ2v) is 3.51.